The van der Waals surface area contributed by atoms with Crippen molar-refractivity contribution in [3.05, 3.63) is 78.6 Å². The van der Waals surface area contributed by atoms with Gasteiger partial charge in [0.25, 0.3) is 0 Å². The number of nitrogens with one attached hydrogen (secondary N) is 1. The second kappa shape index (κ2) is 8.43. The average Bonchev–Trinajstić information content (AvgIpc) is 3.33. The Morgan fingerprint density at radius 1 is 1.05 bits per heavy atom. The first kappa shape index (κ1) is 22.0. The van der Waals surface area contributed by atoms with Crippen molar-refractivity contribution in [2.24, 2.45) is 11.3 Å². The monoisotopic (exact) mass is 486 g/mol. The molecule has 2 aromatic heterocycles. The Balaban J connectivity index is 1.32. The van der Waals surface area contributed by atoms with E-state index >= 15 is 0 Å². The maximum atomic E-state index is 13.5. The Hall–Kier alpha value is -4.21. The molecule has 3 heterocycles. The number of benzene rings is 3. The second-order valence-electron chi connectivity index (χ2n) is 10.4. The number of furan rings is 1. The lowest BCUT2D eigenvalue weighted by molar-refractivity contribution is -0.129. The van der Waals surface area contributed by atoms with Crippen LogP contribution in [0.2, 0.25) is 0 Å². The highest BCUT2D eigenvalue weighted by atomic mass is 16.3. The summed E-state index contributed by atoms with van der Waals surface area (Å²) in [6, 6.07) is 24.5. The lowest BCUT2D eigenvalue weighted by Crippen LogP contribution is -2.39. The fourth-order valence-corrected chi connectivity index (χ4v) is 5.78. The van der Waals surface area contributed by atoms with E-state index in [1.54, 1.807) is 12.3 Å². The molecule has 1 aliphatic heterocycles. The molecule has 0 amide bonds. The molecule has 0 bridgehead atoms. The number of carbonyl (C=O) groups excluding carboxylic acids is 1. The van der Waals surface area contributed by atoms with Crippen LogP contribution in [0.15, 0.2) is 77.4 Å². The van der Waals surface area contributed by atoms with E-state index in [0.717, 1.165) is 70.3 Å². The number of Topliss-reactive ketones (excluding diaryl/α,β-unsaturated/α-hetero) is 1. The Labute approximate surface area is 214 Å². The second-order valence-corrected chi connectivity index (χ2v) is 10.4. The number of imidazole rings is 1. The van der Waals surface area contributed by atoms with Gasteiger partial charge in [0.15, 0.2) is 0 Å². The highest BCUT2D eigenvalue weighted by Gasteiger charge is 2.48. The van der Waals surface area contributed by atoms with Crippen molar-refractivity contribution in [2.75, 3.05) is 13.1 Å². The minimum absolute atomic E-state index is 0.194. The van der Waals surface area contributed by atoms with Gasteiger partial charge in [-0.1, -0.05) is 30.3 Å². The van der Waals surface area contributed by atoms with E-state index in [2.05, 4.69) is 52.4 Å². The average molecular weight is 487 g/mol. The van der Waals surface area contributed by atoms with Gasteiger partial charge >= 0.3 is 0 Å². The van der Waals surface area contributed by atoms with Gasteiger partial charge in [0.05, 0.1) is 34.3 Å². The van der Waals surface area contributed by atoms with Gasteiger partial charge in [-0.3, -0.25) is 4.79 Å². The third-order valence-electron chi connectivity index (χ3n) is 7.98. The molecule has 5 aromatic rings. The van der Waals surface area contributed by atoms with Crippen molar-refractivity contribution in [1.82, 2.24) is 14.9 Å². The molecule has 2 fully saturated rings. The molecule has 0 radical (unpaired) electrons. The van der Waals surface area contributed by atoms with Crippen molar-refractivity contribution >= 4 is 27.8 Å². The van der Waals surface area contributed by atoms with Gasteiger partial charge in [0.2, 0.25) is 0 Å². The molecule has 182 valence electrons. The molecule has 1 N–H and O–H groups in total. The smallest absolute Gasteiger partial charge is 0.145 e. The Morgan fingerprint density at radius 2 is 1.86 bits per heavy atom. The van der Waals surface area contributed by atoms with Crippen LogP contribution in [-0.4, -0.2) is 28.4 Å². The number of nitriles is 1. The summed E-state index contributed by atoms with van der Waals surface area (Å²) >= 11 is 0. The van der Waals surface area contributed by atoms with Crippen LogP contribution < -0.4 is 5.32 Å². The standard InChI is InChI=1S/C31H26N4O2/c32-17-20-1-9-26-27(15-20)35(19-31(12-13-33-18-31)29(36)22-4-5-22)30(34-26)23-6-2-21(3-7-23)24-8-10-28-25(16-24)11-14-37-28/h1-3,6-11,14-16,22,33H,4-5,12-13,18-19H2/t31-/m0/s1. The number of hydrogen-bond acceptors (Lipinski definition) is 5. The summed E-state index contributed by atoms with van der Waals surface area (Å²) in [5.74, 6) is 1.41. The lowest BCUT2D eigenvalue weighted by Gasteiger charge is -2.28. The van der Waals surface area contributed by atoms with E-state index in [-0.39, 0.29) is 5.92 Å². The normalized spacial score (nSPS) is 19.4. The minimum atomic E-state index is -0.438. The van der Waals surface area contributed by atoms with Crippen molar-refractivity contribution in [1.29, 1.82) is 5.26 Å². The largest absolute Gasteiger partial charge is 0.464 e. The van der Waals surface area contributed by atoms with Gasteiger partial charge < -0.3 is 14.3 Å². The predicted molar refractivity (Wildman–Crippen MR) is 143 cm³/mol. The molecule has 0 unspecified atom stereocenters. The lowest BCUT2D eigenvalue weighted by atomic mass is 9.80. The number of nitrogens with zero attached hydrogens (tertiary/aromatic N) is 3. The van der Waals surface area contributed by atoms with Crippen LogP contribution in [0.1, 0.15) is 24.8 Å². The van der Waals surface area contributed by atoms with E-state index < -0.39 is 5.41 Å². The Morgan fingerprint density at radius 3 is 2.62 bits per heavy atom. The minimum Gasteiger partial charge on any atom is -0.464 e. The number of hydrogen-bond donors (Lipinski definition) is 1. The molecule has 6 heteroatoms. The van der Waals surface area contributed by atoms with E-state index in [9.17, 15) is 10.1 Å². The van der Waals surface area contributed by atoms with E-state index in [1.165, 1.54) is 0 Å². The van der Waals surface area contributed by atoms with Crippen LogP contribution in [0.3, 0.4) is 0 Å². The number of aromatic nitrogens is 2. The van der Waals surface area contributed by atoms with Gasteiger partial charge in [-0.15, -0.1) is 0 Å². The zero-order chi connectivity index (χ0) is 25.0. The van der Waals surface area contributed by atoms with Crippen LogP contribution in [0, 0.1) is 22.7 Å². The van der Waals surface area contributed by atoms with Crippen molar-refractivity contribution in [3.8, 4) is 28.6 Å². The first-order valence-electron chi connectivity index (χ1n) is 12.9. The van der Waals surface area contributed by atoms with E-state index in [1.807, 2.05) is 24.3 Å². The van der Waals surface area contributed by atoms with Gasteiger partial charge in [-0.05, 0) is 73.3 Å². The van der Waals surface area contributed by atoms with E-state index in [0.29, 0.717) is 24.4 Å². The van der Waals surface area contributed by atoms with Gasteiger partial charge in [-0.25, -0.2) is 4.98 Å². The summed E-state index contributed by atoms with van der Waals surface area (Å²) < 4.78 is 7.66. The first-order chi connectivity index (χ1) is 18.1. The van der Waals surface area contributed by atoms with E-state index in [4.69, 9.17) is 9.40 Å². The molecular weight excluding hydrogens is 460 g/mol. The predicted octanol–water partition coefficient (Wildman–Crippen LogP) is 5.95. The van der Waals surface area contributed by atoms with Crippen molar-refractivity contribution in [3.63, 3.8) is 0 Å². The molecule has 37 heavy (non-hydrogen) atoms. The molecule has 1 saturated heterocycles. The topological polar surface area (TPSA) is 83.8 Å². The third kappa shape index (κ3) is 3.75. The zero-order valence-corrected chi connectivity index (χ0v) is 20.4. The highest BCUT2D eigenvalue weighted by Crippen LogP contribution is 2.42. The molecule has 3 aromatic carbocycles. The molecule has 2 aliphatic rings. The Bertz CT molecular complexity index is 1690. The van der Waals surface area contributed by atoms with Crippen LogP contribution in [0.4, 0.5) is 0 Å². The zero-order valence-electron chi connectivity index (χ0n) is 20.4. The summed E-state index contributed by atoms with van der Waals surface area (Å²) in [6.45, 7) is 2.10. The van der Waals surface area contributed by atoms with Crippen LogP contribution in [0.25, 0.3) is 44.5 Å². The molecule has 6 nitrogen and oxygen atoms in total. The first-order valence-corrected chi connectivity index (χ1v) is 12.9. The summed E-state index contributed by atoms with van der Waals surface area (Å²) in [4.78, 5) is 18.5. The maximum Gasteiger partial charge on any atom is 0.145 e. The number of rotatable bonds is 6. The summed E-state index contributed by atoms with van der Waals surface area (Å²) in [5, 5.41) is 14.1. The molecule has 7 rings (SSSR count). The molecule has 1 saturated carbocycles. The fraction of sp³-hybridized carbons (Fsp3) is 0.258. The molecular formula is C31H26N4O2. The van der Waals surface area contributed by atoms with Gasteiger partial charge in [-0.2, -0.15) is 5.26 Å². The summed E-state index contributed by atoms with van der Waals surface area (Å²) in [7, 11) is 0. The van der Waals surface area contributed by atoms with Crippen LogP contribution in [-0.2, 0) is 11.3 Å². The number of ketones is 1. The van der Waals surface area contributed by atoms with Crippen molar-refractivity contribution in [2.45, 2.75) is 25.8 Å². The third-order valence-corrected chi connectivity index (χ3v) is 7.98. The van der Waals surface area contributed by atoms with Gasteiger partial charge in [0.1, 0.15) is 17.2 Å². The SMILES string of the molecule is N#Cc1ccc2nc(-c3ccc(-c4ccc5occc5c4)cc3)n(C[C@]3(C(=O)C4CC4)CCNC3)c2c1. The number of fused-ring (bicyclic) bond motifs is 2. The molecule has 1 atom stereocenters. The highest BCUT2D eigenvalue weighted by molar-refractivity contribution is 5.90. The fourth-order valence-electron chi connectivity index (χ4n) is 5.78. The molecule has 0 spiro atoms. The van der Waals surface area contributed by atoms with Crippen LogP contribution >= 0.6 is 0 Å². The Kier molecular flexibility index (Phi) is 5.02. The maximum absolute atomic E-state index is 13.5. The molecule has 1 aliphatic carbocycles. The van der Waals surface area contributed by atoms with Crippen LogP contribution in [0.5, 0.6) is 0 Å². The summed E-state index contributed by atoms with van der Waals surface area (Å²) in [5.41, 5.74) is 6.00. The van der Waals surface area contributed by atoms with Crippen molar-refractivity contribution < 1.29 is 9.21 Å². The van der Waals surface area contributed by atoms with Gasteiger partial charge in [0, 0.05) is 30.0 Å². The quantitative estimate of drug-likeness (QED) is 0.321. The number of carbonyl (C=O) groups is 1. The summed E-state index contributed by atoms with van der Waals surface area (Å²) in [6.07, 6.45) is 4.54.